The lowest BCUT2D eigenvalue weighted by Gasteiger charge is -2.34. The van der Waals surface area contributed by atoms with E-state index in [9.17, 15) is 0 Å². The van der Waals surface area contributed by atoms with Crippen LogP contribution >= 0.6 is 0 Å². The monoisotopic (exact) mass is 193 g/mol. The van der Waals surface area contributed by atoms with E-state index in [0.29, 0.717) is 6.04 Å². The Hall–Kier alpha value is -0.300. The Balaban J connectivity index is 1.97. The van der Waals surface area contributed by atoms with Crippen LogP contribution in [0, 0.1) is 5.92 Å². The van der Waals surface area contributed by atoms with Crippen LogP contribution in [0.15, 0.2) is 12.7 Å². The first kappa shape index (κ1) is 10.2. The highest BCUT2D eigenvalue weighted by atomic mass is 15.2. The first-order chi connectivity index (χ1) is 6.81. The summed E-state index contributed by atoms with van der Waals surface area (Å²) in [5.74, 6) is 0.875. The predicted octanol–water partition coefficient (Wildman–Crippen LogP) is 3.22. The molecule has 0 aromatic heterocycles. The molecule has 14 heavy (non-hydrogen) atoms. The van der Waals surface area contributed by atoms with Crippen LogP contribution in [0.2, 0.25) is 0 Å². The van der Waals surface area contributed by atoms with Crippen LogP contribution in [0.4, 0.5) is 0 Å². The van der Waals surface area contributed by atoms with Gasteiger partial charge in [-0.1, -0.05) is 32.3 Å². The maximum absolute atomic E-state index is 3.98. The van der Waals surface area contributed by atoms with E-state index in [0.717, 1.165) is 12.0 Å². The zero-order chi connectivity index (χ0) is 9.97. The Kier molecular flexibility index (Phi) is 3.27. The van der Waals surface area contributed by atoms with Gasteiger partial charge in [0, 0.05) is 18.6 Å². The van der Waals surface area contributed by atoms with Crippen LogP contribution in [-0.2, 0) is 0 Å². The molecule has 2 fully saturated rings. The van der Waals surface area contributed by atoms with E-state index in [-0.39, 0.29) is 0 Å². The van der Waals surface area contributed by atoms with Crippen LogP contribution in [0.25, 0.3) is 0 Å². The third-order valence-electron chi connectivity index (χ3n) is 3.91. The van der Waals surface area contributed by atoms with Gasteiger partial charge in [0.25, 0.3) is 0 Å². The lowest BCUT2D eigenvalue weighted by molar-refractivity contribution is 0.159. The van der Waals surface area contributed by atoms with E-state index in [1.165, 1.54) is 45.1 Å². The molecule has 0 spiro atoms. The summed E-state index contributed by atoms with van der Waals surface area (Å²) in [6, 6.07) is 1.55. The molecule has 2 aliphatic rings. The molecular weight excluding hydrogens is 170 g/mol. The fourth-order valence-electron chi connectivity index (χ4n) is 3.18. The Bertz CT molecular complexity index is 193. The first-order valence-electron chi connectivity index (χ1n) is 6.19. The Morgan fingerprint density at radius 2 is 1.93 bits per heavy atom. The van der Waals surface area contributed by atoms with E-state index in [1.807, 2.05) is 0 Å². The van der Waals surface area contributed by atoms with Crippen LogP contribution < -0.4 is 0 Å². The van der Waals surface area contributed by atoms with Gasteiger partial charge in [0.2, 0.25) is 0 Å². The zero-order valence-corrected chi connectivity index (χ0v) is 9.41. The maximum atomic E-state index is 3.98. The van der Waals surface area contributed by atoms with E-state index < -0.39 is 0 Å². The molecule has 2 unspecified atom stereocenters. The van der Waals surface area contributed by atoms with Crippen molar-refractivity contribution in [1.82, 2.24) is 4.90 Å². The largest absolute Gasteiger partial charge is 0.294 e. The topological polar surface area (TPSA) is 3.24 Å². The molecule has 2 rings (SSSR count). The van der Waals surface area contributed by atoms with Crippen molar-refractivity contribution in [2.75, 3.05) is 6.54 Å². The van der Waals surface area contributed by atoms with Crippen LogP contribution in [0.1, 0.15) is 45.4 Å². The molecule has 0 bridgehead atoms. The molecule has 1 heteroatoms. The van der Waals surface area contributed by atoms with Crippen molar-refractivity contribution in [3.05, 3.63) is 12.7 Å². The Morgan fingerprint density at radius 3 is 2.57 bits per heavy atom. The van der Waals surface area contributed by atoms with Gasteiger partial charge in [0.1, 0.15) is 0 Å². The highest BCUT2D eigenvalue weighted by molar-refractivity contribution is 4.97. The molecule has 1 nitrogen and oxygen atoms in total. The van der Waals surface area contributed by atoms with Crippen molar-refractivity contribution < 1.29 is 0 Å². The Morgan fingerprint density at radius 1 is 1.21 bits per heavy atom. The van der Waals surface area contributed by atoms with Gasteiger partial charge in [-0.05, 0) is 25.2 Å². The fourth-order valence-corrected chi connectivity index (χ4v) is 3.18. The van der Waals surface area contributed by atoms with E-state index in [1.54, 1.807) is 0 Å². The number of likely N-dealkylation sites (tertiary alicyclic amines) is 1. The van der Waals surface area contributed by atoms with Crippen molar-refractivity contribution in [3.8, 4) is 0 Å². The molecular formula is C13H23N. The summed E-state index contributed by atoms with van der Waals surface area (Å²) in [6.07, 6.45) is 10.7. The van der Waals surface area contributed by atoms with Crippen molar-refractivity contribution in [1.29, 1.82) is 0 Å². The molecule has 1 saturated carbocycles. The van der Waals surface area contributed by atoms with Gasteiger partial charge in [-0.3, -0.25) is 4.90 Å². The summed E-state index contributed by atoms with van der Waals surface area (Å²) in [5, 5.41) is 0. The molecule has 1 heterocycles. The molecule has 1 aliphatic carbocycles. The predicted molar refractivity (Wildman–Crippen MR) is 61.3 cm³/mol. The van der Waals surface area contributed by atoms with Crippen molar-refractivity contribution in [2.45, 2.75) is 57.5 Å². The second kappa shape index (κ2) is 4.48. The number of nitrogens with zero attached hydrogens (tertiary/aromatic N) is 1. The summed E-state index contributed by atoms with van der Waals surface area (Å²) < 4.78 is 0. The first-order valence-corrected chi connectivity index (χ1v) is 6.19. The quantitative estimate of drug-likeness (QED) is 0.609. The summed E-state index contributed by atoms with van der Waals surface area (Å²) in [4.78, 5) is 2.72. The molecule has 0 aromatic carbocycles. The van der Waals surface area contributed by atoms with Gasteiger partial charge in [-0.25, -0.2) is 0 Å². The van der Waals surface area contributed by atoms with Crippen LogP contribution in [-0.4, -0.2) is 23.5 Å². The molecule has 0 amide bonds. The van der Waals surface area contributed by atoms with Crippen LogP contribution in [0.3, 0.4) is 0 Å². The highest BCUT2D eigenvalue weighted by Crippen LogP contribution is 2.31. The second-order valence-electron chi connectivity index (χ2n) is 5.13. The maximum Gasteiger partial charge on any atom is 0.0281 e. The molecule has 0 N–H and O–H groups in total. The summed E-state index contributed by atoms with van der Waals surface area (Å²) in [6.45, 7) is 7.66. The summed E-state index contributed by atoms with van der Waals surface area (Å²) >= 11 is 0. The standard InChI is InChI=1S/C13H23N/c1-3-12-9-11(2)10-14(12)13-7-5-4-6-8-13/h3,11-13H,1,4-10H2,2H3. The molecule has 2 atom stereocenters. The van der Waals surface area contributed by atoms with Gasteiger partial charge in [0.05, 0.1) is 0 Å². The molecule has 0 radical (unpaired) electrons. The molecule has 1 aliphatic heterocycles. The SMILES string of the molecule is C=CC1CC(C)CN1C1CCCCC1. The third-order valence-corrected chi connectivity index (χ3v) is 3.91. The minimum Gasteiger partial charge on any atom is -0.294 e. The highest BCUT2D eigenvalue weighted by Gasteiger charge is 2.32. The smallest absolute Gasteiger partial charge is 0.0281 e. The third kappa shape index (κ3) is 2.03. The van der Waals surface area contributed by atoms with Crippen molar-refractivity contribution >= 4 is 0 Å². The van der Waals surface area contributed by atoms with E-state index >= 15 is 0 Å². The summed E-state index contributed by atoms with van der Waals surface area (Å²) in [5.41, 5.74) is 0. The van der Waals surface area contributed by atoms with Gasteiger partial charge in [0.15, 0.2) is 0 Å². The zero-order valence-electron chi connectivity index (χ0n) is 9.41. The fraction of sp³-hybridized carbons (Fsp3) is 0.846. The van der Waals surface area contributed by atoms with Gasteiger partial charge >= 0.3 is 0 Å². The van der Waals surface area contributed by atoms with Crippen molar-refractivity contribution in [2.24, 2.45) is 5.92 Å². The number of rotatable bonds is 2. The lowest BCUT2D eigenvalue weighted by Crippen LogP contribution is -2.39. The average Bonchev–Trinajstić information content (AvgIpc) is 2.61. The van der Waals surface area contributed by atoms with Gasteiger partial charge in [-0.2, -0.15) is 0 Å². The second-order valence-corrected chi connectivity index (χ2v) is 5.13. The minimum atomic E-state index is 0.674. The van der Waals surface area contributed by atoms with E-state index in [2.05, 4.69) is 24.5 Å². The summed E-state index contributed by atoms with van der Waals surface area (Å²) in [7, 11) is 0. The average molecular weight is 193 g/mol. The van der Waals surface area contributed by atoms with Gasteiger partial charge < -0.3 is 0 Å². The van der Waals surface area contributed by atoms with Gasteiger partial charge in [-0.15, -0.1) is 6.58 Å². The Labute approximate surface area is 88.2 Å². The number of hydrogen-bond donors (Lipinski definition) is 0. The normalized spacial score (nSPS) is 36.1. The number of hydrogen-bond acceptors (Lipinski definition) is 1. The van der Waals surface area contributed by atoms with Crippen molar-refractivity contribution in [3.63, 3.8) is 0 Å². The molecule has 1 saturated heterocycles. The van der Waals surface area contributed by atoms with E-state index in [4.69, 9.17) is 0 Å². The lowest BCUT2D eigenvalue weighted by atomic mass is 9.94. The molecule has 0 aromatic rings. The molecule has 80 valence electrons. The van der Waals surface area contributed by atoms with Crippen LogP contribution in [0.5, 0.6) is 0 Å². The minimum absolute atomic E-state index is 0.674.